The van der Waals surface area contributed by atoms with Crippen molar-refractivity contribution in [1.82, 2.24) is 9.97 Å². The Kier molecular flexibility index (Phi) is 5.19. The van der Waals surface area contributed by atoms with Crippen LogP contribution >= 0.6 is 0 Å². The van der Waals surface area contributed by atoms with Gasteiger partial charge in [-0.2, -0.15) is 0 Å². The van der Waals surface area contributed by atoms with E-state index < -0.39 is 0 Å². The maximum absolute atomic E-state index is 4.75. The van der Waals surface area contributed by atoms with Crippen LogP contribution in [0.1, 0.15) is 31.2 Å². The summed E-state index contributed by atoms with van der Waals surface area (Å²) in [7, 11) is 0. The summed E-state index contributed by atoms with van der Waals surface area (Å²) in [6.07, 6.45) is 2.51. The lowest BCUT2D eigenvalue weighted by molar-refractivity contribution is 0.436. The molecule has 0 bridgehead atoms. The predicted octanol–water partition coefficient (Wildman–Crippen LogP) is 3.66. The zero-order chi connectivity index (χ0) is 18.8. The summed E-state index contributed by atoms with van der Waals surface area (Å²) in [6.45, 7) is 12.8. The van der Waals surface area contributed by atoms with E-state index in [4.69, 9.17) is 9.97 Å². The quantitative estimate of drug-likeness (QED) is 0.829. The SMILES string of the molecule is Cc1cccc(N2CCN(c3cc(N4CCC(C)CC4)nc(C)n3)CC2)c1. The fraction of sp³-hybridized carbons (Fsp3) is 0.545. The average molecular weight is 366 g/mol. The van der Waals surface area contributed by atoms with E-state index in [1.807, 2.05) is 6.92 Å². The van der Waals surface area contributed by atoms with Crippen LogP contribution < -0.4 is 14.7 Å². The van der Waals surface area contributed by atoms with Crippen molar-refractivity contribution in [3.8, 4) is 0 Å². The summed E-state index contributed by atoms with van der Waals surface area (Å²) in [5, 5.41) is 0. The Morgan fingerprint density at radius 2 is 1.37 bits per heavy atom. The molecule has 3 heterocycles. The monoisotopic (exact) mass is 365 g/mol. The van der Waals surface area contributed by atoms with Crippen molar-refractivity contribution < 1.29 is 0 Å². The summed E-state index contributed by atoms with van der Waals surface area (Å²) in [4.78, 5) is 16.8. The lowest BCUT2D eigenvalue weighted by Gasteiger charge is -2.37. The predicted molar refractivity (Wildman–Crippen MR) is 113 cm³/mol. The van der Waals surface area contributed by atoms with Crippen LogP contribution in [0.2, 0.25) is 0 Å². The second-order valence-corrected chi connectivity index (χ2v) is 8.11. The molecule has 0 unspecified atom stereocenters. The lowest BCUT2D eigenvalue weighted by Crippen LogP contribution is -2.47. The van der Waals surface area contributed by atoms with Gasteiger partial charge in [-0.25, -0.2) is 9.97 Å². The Bertz CT molecular complexity index is 774. The van der Waals surface area contributed by atoms with E-state index in [9.17, 15) is 0 Å². The Labute approximate surface area is 163 Å². The molecule has 0 atom stereocenters. The van der Waals surface area contributed by atoms with Crippen LogP contribution in [0.4, 0.5) is 17.3 Å². The molecule has 0 amide bonds. The van der Waals surface area contributed by atoms with E-state index in [1.165, 1.54) is 24.1 Å². The number of hydrogen-bond donors (Lipinski definition) is 0. The smallest absolute Gasteiger partial charge is 0.134 e. The van der Waals surface area contributed by atoms with E-state index in [-0.39, 0.29) is 0 Å². The molecule has 5 nitrogen and oxygen atoms in total. The van der Waals surface area contributed by atoms with Crippen molar-refractivity contribution in [3.63, 3.8) is 0 Å². The minimum atomic E-state index is 0.832. The highest BCUT2D eigenvalue weighted by Gasteiger charge is 2.22. The van der Waals surface area contributed by atoms with Gasteiger partial charge in [0.25, 0.3) is 0 Å². The van der Waals surface area contributed by atoms with Gasteiger partial charge in [0.2, 0.25) is 0 Å². The maximum Gasteiger partial charge on any atom is 0.134 e. The molecule has 0 aliphatic carbocycles. The molecule has 144 valence electrons. The van der Waals surface area contributed by atoms with Crippen molar-refractivity contribution in [1.29, 1.82) is 0 Å². The molecule has 27 heavy (non-hydrogen) atoms. The third-order valence-corrected chi connectivity index (χ3v) is 5.89. The van der Waals surface area contributed by atoms with Crippen LogP contribution in [-0.4, -0.2) is 49.2 Å². The Balaban J connectivity index is 1.45. The molecule has 1 aromatic heterocycles. The standard InChI is InChI=1S/C22H31N5/c1-17-7-9-26(10-8-17)21-16-22(24-19(3)23-21)27-13-11-25(12-14-27)20-6-4-5-18(2)15-20/h4-6,15-17H,7-14H2,1-3H3. The Morgan fingerprint density at radius 3 is 2.00 bits per heavy atom. The molecule has 0 spiro atoms. The Morgan fingerprint density at radius 1 is 0.778 bits per heavy atom. The number of aromatic nitrogens is 2. The van der Waals surface area contributed by atoms with Crippen LogP contribution in [0.15, 0.2) is 30.3 Å². The molecule has 0 radical (unpaired) electrons. The van der Waals surface area contributed by atoms with Crippen molar-refractivity contribution >= 4 is 17.3 Å². The molecule has 2 aliphatic heterocycles. The first-order chi connectivity index (χ1) is 13.1. The first kappa shape index (κ1) is 18.1. The number of benzene rings is 1. The fourth-order valence-corrected chi connectivity index (χ4v) is 4.12. The van der Waals surface area contributed by atoms with Crippen molar-refractivity contribution in [2.24, 2.45) is 5.92 Å². The van der Waals surface area contributed by atoms with Crippen LogP contribution in [0.25, 0.3) is 0 Å². The largest absolute Gasteiger partial charge is 0.368 e. The first-order valence-electron chi connectivity index (χ1n) is 10.3. The average Bonchev–Trinajstić information content (AvgIpc) is 2.68. The first-order valence-corrected chi connectivity index (χ1v) is 10.3. The van der Waals surface area contributed by atoms with Crippen molar-refractivity contribution in [2.45, 2.75) is 33.6 Å². The van der Waals surface area contributed by atoms with Gasteiger partial charge in [0.05, 0.1) is 0 Å². The van der Waals surface area contributed by atoms with Crippen LogP contribution in [-0.2, 0) is 0 Å². The molecule has 1 aromatic carbocycles. The molecule has 2 saturated heterocycles. The molecular formula is C22H31N5. The molecule has 2 fully saturated rings. The van der Waals surface area contributed by atoms with E-state index in [0.717, 1.165) is 62.6 Å². The molecule has 2 aromatic rings. The van der Waals surface area contributed by atoms with Gasteiger partial charge in [0.1, 0.15) is 17.5 Å². The molecule has 0 N–H and O–H groups in total. The van der Waals surface area contributed by atoms with Gasteiger partial charge in [-0.15, -0.1) is 0 Å². The van der Waals surface area contributed by atoms with E-state index in [2.05, 4.69) is 58.9 Å². The van der Waals surface area contributed by atoms with E-state index in [0.29, 0.717) is 0 Å². The summed E-state index contributed by atoms with van der Waals surface area (Å²) in [6, 6.07) is 11.0. The molecule has 2 aliphatic rings. The highest BCUT2D eigenvalue weighted by Crippen LogP contribution is 2.26. The van der Waals surface area contributed by atoms with Crippen LogP contribution in [0.3, 0.4) is 0 Å². The maximum atomic E-state index is 4.75. The van der Waals surface area contributed by atoms with Gasteiger partial charge in [0, 0.05) is 51.0 Å². The molecule has 0 saturated carbocycles. The van der Waals surface area contributed by atoms with Gasteiger partial charge < -0.3 is 14.7 Å². The third-order valence-electron chi connectivity index (χ3n) is 5.89. The van der Waals surface area contributed by atoms with Gasteiger partial charge in [0.15, 0.2) is 0 Å². The van der Waals surface area contributed by atoms with Gasteiger partial charge in [-0.3, -0.25) is 0 Å². The summed E-state index contributed by atoms with van der Waals surface area (Å²) < 4.78 is 0. The minimum Gasteiger partial charge on any atom is -0.368 e. The van der Waals surface area contributed by atoms with E-state index >= 15 is 0 Å². The van der Waals surface area contributed by atoms with Crippen molar-refractivity contribution in [3.05, 3.63) is 41.7 Å². The number of nitrogens with zero attached hydrogens (tertiary/aromatic N) is 5. The molecular weight excluding hydrogens is 334 g/mol. The lowest BCUT2D eigenvalue weighted by atomic mass is 9.99. The van der Waals surface area contributed by atoms with Gasteiger partial charge >= 0.3 is 0 Å². The number of hydrogen-bond acceptors (Lipinski definition) is 5. The second-order valence-electron chi connectivity index (χ2n) is 8.11. The summed E-state index contributed by atoms with van der Waals surface area (Å²) in [5.41, 5.74) is 2.65. The third kappa shape index (κ3) is 4.18. The molecule has 4 rings (SSSR count). The van der Waals surface area contributed by atoms with E-state index in [1.54, 1.807) is 0 Å². The fourth-order valence-electron chi connectivity index (χ4n) is 4.12. The van der Waals surface area contributed by atoms with Crippen molar-refractivity contribution in [2.75, 3.05) is 54.0 Å². The Hall–Kier alpha value is -2.30. The zero-order valence-electron chi connectivity index (χ0n) is 16.9. The number of rotatable bonds is 3. The van der Waals surface area contributed by atoms with Crippen LogP contribution in [0, 0.1) is 19.8 Å². The second kappa shape index (κ2) is 7.75. The highest BCUT2D eigenvalue weighted by molar-refractivity contribution is 5.54. The normalized spacial score (nSPS) is 18.9. The van der Waals surface area contributed by atoms with Gasteiger partial charge in [-0.05, 0) is 50.3 Å². The minimum absolute atomic E-state index is 0.832. The number of aryl methyl sites for hydroxylation is 2. The number of piperazine rings is 1. The number of anilines is 3. The van der Waals surface area contributed by atoms with Crippen LogP contribution in [0.5, 0.6) is 0 Å². The van der Waals surface area contributed by atoms with Gasteiger partial charge in [-0.1, -0.05) is 19.1 Å². The summed E-state index contributed by atoms with van der Waals surface area (Å²) >= 11 is 0. The zero-order valence-corrected chi connectivity index (χ0v) is 16.9. The molecule has 5 heteroatoms. The number of piperidine rings is 1. The summed E-state index contributed by atoms with van der Waals surface area (Å²) in [5.74, 6) is 3.89. The highest BCUT2D eigenvalue weighted by atomic mass is 15.3. The topological polar surface area (TPSA) is 35.5 Å².